The third-order valence-corrected chi connectivity index (χ3v) is 4.26. The quantitative estimate of drug-likeness (QED) is 0.901. The van der Waals surface area contributed by atoms with Crippen molar-refractivity contribution in [2.24, 2.45) is 0 Å². The molecule has 1 fully saturated rings. The Kier molecular flexibility index (Phi) is 4.93. The number of pyridine rings is 2. The number of anilines is 1. The van der Waals surface area contributed by atoms with Crippen LogP contribution in [-0.4, -0.2) is 29.0 Å². The maximum atomic E-state index is 12.3. The summed E-state index contributed by atoms with van der Waals surface area (Å²) in [6.07, 6.45) is 5.37. The molecule has 24 heavy (non-hydrogen) atoms. The number of H-pyrrole nitrogens is 1. The molecular formula is C18H22N4O2. The van der Waals surface area contributed by atoms with Gasteiger partial charge in [0.05, 0.1) is 0 Å². The van der Waals surface area contributed by atoms with Crippen molar-refractivity contribution in [2.45, 2.75) is 32.7 Å². The van der Waals surface area contributed by atoms with Crippen molar-refractivity contribution in [3.63, 3.8) is 0 Å². The number of nitrogens with zero attached hydrogens (tertiary/aromatic N) is 2. The van der Waals surface area contributed by atoms with E-state index in [4.69, 9.17) is 0 Å². The van der Waals surface area contributed by atoms with Crippen LogP contribution in [0.25, 0.3) is 0 Å². The minimum absolute atomic E-state index is 0.129. The van der Waals surface area contributed by atoms with E-state index >= 15 is 0 Å². The van der Waals surface area contributed by atoms with Crippen molar-refractivity contribution in [2.75, 3.05) is 18.0 Å². The van der Waals surface area contributed by atoms with Crippen molar-refractivity contribution in [3.8, 4) is 0 Å². The number of piperidine rings is 1. The number of amides is 1. The number of hydrogen-bond acceptors (Lipinski definition) is 4. The fourth-order valence-electron chi connectivity index (χ4n) is 2.98. The maximum absolute atomic E-state index is 12.3. The molecule has 0 unspecified atom stereocenters. The van der Waals surface area contributed by atoms with E-state index in [1.807, 2.05) is 12.1 Å². The summed E-state index contributed by atoms with van der Waals surface area (Å²) in [6.45, 7) is 4.13. The molecule has 2 N–H and O–H groups in total. The second-order valence-corrected chi connectivity index (χ2v) is 6.10. The highest BCUT2D eigenvalue weighted by molar-refractivity contribution is 5.93. The van der Waals surface area contributed by atoms with Gasteiger partial charge in [-0.15, -0.1) is 0 Å². The first-order valence-corrected chi connectivity index (χ1v) is 8.32. The smallest absolute Gasteiger partial charge is 0.260 e. The Morgan fingerprint density at radius 2 is 2.04 bits per heavy atom. The number of carbonyl (C=O) groups is 1. The zero-order valence-corrected chi connectivity index (χ0v) is 13.8. The molecule has 2 aromatic rings. The molecule has 6 nitrogen and oxygen atoms in total. The number of aromatic amines is 1. The second kappa shape index (κ2) is 7.29. The maximum Gasteiger partial charge on any atom is 0.260 e. The Hall–Kier alpha value is -2.63. The second-order valence-electron chi connectivity index (χ2n) is 6.10. The highest BCUT2D eigenvalue weighted by atomic mass is 16.2. The van der Waals surface area contributed by atoms with Crippen LogP contribution in [-0.2, 0) is 6.54 Å². The van der Waals surface area contributed by atoms with Crippen LogP contribution in [0.1, 0.15) is 40.9 Å². The van der Waals surface area contributed by atoms with Gasteiger partial charge in [-0.25, -0.2) is 4.98 Å². The van der Waals surface area contributed by atoms with E-state index in [9.17, 15) is 9.59 Å². The van der Waals surface area contributed by atoms with Gasteiger partial charge in [0.2, 0.25) is 0 Å². The number of rotatable bonds is 4. The van der Waals surface area contributed by atoms with Crippen LogP contribution in [0.2, 0.25) is 0 Å². The van der Waals surface area contributed by atoms with Gasteiger partial charge >= 0.3 is 0 Å². The molecular weight excluding hydrogens is 304 g/mol. The summed E-state index contributed by atoms with van der Waals surface area (Å²) in [5, 5.41) is 2.83. The number of nitrogens with one attached hydrogen (secondary N) is 2. The van der Waals surface area contributed by atoms with Crippen molar-refractivity contribution in [1.29, 1.82) is 0 Å². The first-order valence-electron chi connectivity index (χ1n) is 8.32. The van der Waals surface area contributed by atoms with E-state index in [-0.39, 0.29) is 17.0 Å². The molecule has 6 heteroatoms. The van der Waals surface area contributed by atoms with Gasteiger partial charge in [-0.3, -0.25) is 9.59 Å². The van der Waals surface area contributed by atoms with Crippen LogP contribution in [0.5, 0.6) is 0 Å². The number of hydrogen-bond donors (Lipinski definition) is 2. The molecule has 3 heterocycles. The number of carbonyl (C=O) groups excluding carboxylic acids is 1. The first kappa shape index (κ1) is 16.2. The lowest BCUT2D eigenvalue weighted by Crippen LogP contribution is -2.33. The average molecular weight is 326 g/mol. The summed E-state index contributed by atoms with van der Waals surface area (Å²) in [4.78, 5) is 33.5. The van der Waals surface area contributed by atoms with Gasteiger partial charge in [0.15, 0.2) is 0 Å². The van der Waals surface area contributed by atoms with Crippen molar-refractivity contribution in [1.82, 2.24) is 15.3 Å². The van der Waals surface area contributed by atoms with E-state index in [0.717, 1.165) is 30.2 Å². The van der Waals surface area contributed by atoms with Gasteiger partial charge in [-0.05, 0) is 44.4 Å². The third kappa shape index (κ3) is 3.64. The van der Waals surface area contributed by atoms with Gasteiger partial charge in [0, 0.05) is 37.1 Å². The van der Waals surface area contributed by atoms with Crippen LogP contribution in [0.3, 0.4) is 0 Å². The standard InChI is InChI=1S/C18H22N4O2/c1-13-7-8-15(18(24)21-13)17(23)20-12-14-6-5-9-19-16(14)22-10-3-2-4-11-22/h5-9H,2-4,10-12H2,1H3,(H,20,23)(H,21,24). The lowest BCUT2D eigenvalue weighted by molar-refractivity contribution is 0.0949. The zero-order valence-electron chi connectivity index (χ0n) is 13.8. The summed E-state index contributed by atoms with van der Waals surface area (Å²) >= 11 is 0. The van der Waals surface area contributed by atoms with Crippen LogP contribution in [0, 0.1) is 6.92 Å². The Morgan fingerprint density at radius 1 is 1.25 bits per heavy atom. The molecule has 2 aromatic heterocycles. The first-order chi connectivity index (χ1) is 11.6. The SMILES string of the molecule is Cc1ccc(C(=O)NCc2cccnc2N2CCCCC2)c(=O)[nH]1. The topological polar surface area (TPSA) is 78.1 Å². The van der Waals surface area contributed by atoms with Crippen LogP contribution in [0.4, 0.5) is 5.82 Å². The molecule has 0 atom stereocenters. The molecule has 1 aliphatic heterocycles. The molecule has 0 aromatic carbocycles. The highest BCUT2D eigenvalue weighted by Gasteiger charge is 2.16. The van der Waals surface area contributed by atoms with Gasteiger partial charge < -0.3 is 15.2 Å². The average Bonchev–Trinajstić information content (AvgIpc) is 2.61. The van der Waals surface area contributed by atoms with E-state index in [1.165, 1.54) is 19.3 Å². The summed E-state index contributed by atoms with van der Waals surface area (Å²) in [5.41, 5.74) is 1.46. The van der Waals surface area contributed by atoms with E-state index < -0.39 is 0 Å². The summed E-state index contributed by atoms with van der Waals surface area (Å²) in [5.74, 6) is 0.556. The Bertz CT molecular complexity index is 779. The third-order valence-electron chi connectivity index (χ3n) is 4.26. The van der Waals surface area contributed by atoms with Crippen molar-refractivity contribution in [3.05, 3.63) is 57.6 Å². The fourth-order valence-corrected chi connectivity index (χ4v) is 2.98. The normalized spacial score (nSPS) is 14.5. The van der Waals surface area contributed by atoms with Crippen molar-refractivity contribution < 1.29 is 4.79 Å². The predicted octanol–water partition coefficient (Wildman–Crippen LogP) is 2.00. The Labute approximate surface area is 140 Å². The Morgan fingerprint density at radius 3 is 2.79 bits per heavy atom. The molecule has 0 aliphatic carbocycles. The molecule has 1 amide bonds. The molecule has 0 radical (unpaired) electrons. The summed E-state index contributed by atoms with van der Waals surface area (Å²) < 4.78 is 0. The Balaban J connectivity index is 1.72. The summed E-state index contributed by atoms with van der Waals surface area (Å²) in [7, 11) is 0. The van der Waals surface area contributed by atoms with Gasteiger partial charge in [-0.2, -0.15) is 0 Å². The fraction of sp³-hybridized carbons (Fsp3) is 0.389. The van der Waals surface area contributed by atoms with Gasteiger partial charge in [-0.1, -0.05) is 6.07 Å². The van der Waals surface area contributed by atoms with E-state index in [0.29, 0.717) is 6.54 Å². The molecule has 3 rings (SSSR count). The van der Waals surface area contributed by atoms with Gasteiger partial charge in [0.25, 0.3) is 11.5 Å². The minimum atomic E-state index is -0.371. The molecule has 1 aliphatic rings. The molecule has 1 saturated heterocycles. The largest absolute Gasteiger partial charge is 0.356 e. The van der Waals surface area contributed by atoms with Crippen LogP contribution in [0.15, 0.2) is 35.3 Å². The summed E-state index contributed by atoms with van der Waals surface area (Å²) in [6, 6.07) is 7.11. The molecule has 126 valence electrons. The monoisotopic (exact) mass is 326 g/mol. The number of aromatic nitrogens is 2. The van der Waals surface area contributed by atoms with Gasteiger partial charge in [0.1, 0.15) is 11.4 Å². The molecule has 0 saturated carbocycles. The lowest BCUT2D eigenvalue weighted by Gasteiger charge is -2.29. The predicted molar refractivity (Wildman–Crippen MR) is 93.3 cm³/mol. The van der Waals surface area contributed by atoms with Crippen molar-refractivity contribution >= 4 is 11.7 Å². The molecule has 0 spiro atoms. The van der Waals surface area contributed by atoms with E-state index in [2.05, 4.69) is 20.2 Å². The highest BCUT2D eigenvalue weighted by Crippen LogP contribution is 2.21. The lowest BCUT2D eigenvalue weighted by atomic mass is 10.1. The molecule has 0 bridgehead atoms. The zero-order chi connectivity index (χ0) is 16.9. The number of aryl methyl sites for hydroxylation is 1. The van der Waals surface area contributed by atoms with Crippen LogP contribution < -0.4 is 15.8 Å². The van der Waals surface area contributed by atoms with Crippen LogP contribution >= 0.6 is 0 Å². The minimum Gasteiger partial charge on any atom is -0.356 e. The van der Waals surface area contributed by atoms with E-state index in [1.54, 1.807) is 25.3 Å².